The zero-order chi connectivity index (χ0) is 19.6. The summed E-state index contributed by atoms with van der Waals surface area (Å²) in [6, 6.07) is 18.4. The van der Waals surface area contributed by atoms with E-state index in [1.807, 2.05) is 35.0 Å². The molecule has 4 rings (SSSR count). The molecule has 0 aliphatic carbocycles. The standard InChI is InChI=1S/C23H28N4O.ClH/c1-23(16-24)12-13-26(17-23)14-19-15-27(20-6-4-3-5-7-20)25-22(19)18-8-10-21(28-2)11-9-18;/h3-11,15H,12-14,16-17,24H2,1-2H3;1H. The molecule has 1 unspecified atom stereocenters. The molecule has 29 heavy (non-hydrogen) atoms. The van der Waals surface area contributed by atoms with Crippen LogP contribution >= 0.6 is 12.4 Å². The minimum Gasteiger partial charge on any atom is -0.497 e. The summed E-state index contributed by atoms with van der Waals surface area (Å²) < 4.78 is 7.29. The second-order valence-electron chi connectivity index (χ2n) is 7.99. The van der Waals surface area contributed by atoms with Crippen LogP contribution in [0, 0.1) is 5.41 Å². The average Bonchev–Trinajstić information content (AvgIpc) is 3.33. The molecule has 2 N–H and O–H groups in total. The molecule has 1 aliphatic rings. The van der Waals surface area contributed by atoms with Crippen LogP contribution in [0.2, 0.25) is 0 Å². The van der Waals surface area contributed by atoms with Gasteiger partial charge in [-0.2, -0.15) is 5.10 Å². The summed E-state index contributed by atoms with van der Waals surface area (Å²) in [4.78, 5) is 2.49. The van der Waals surface area contributed by atoms with Gasteiger partial charge in [-0.3, -0.25) is 4.90 Å². The minimum atomic E-state index is 0. The molecule has 0 radical (unpaired) electrons. The Labute approximate surface area is 178 Å². The average molecular weight is 413 g/mol. The number of nitrogens with zero attached hydrogens (tertiary/aromatic N) is 3. The SMILES string of the molecule is COc1ccc(-c2nn(-c3ccccc3)cc2CN2CCC(C)(CN)C2)cc1.Cl. The van der Waals surface area contributed by atoms with Gasteiger partial charge in [0.15, 0.2) is 0 Å². The van der Waals surface area contributed by atoms with E-state index < -0.39 is 0 Å². The Morgan fingerprint density at radius 1 is 1.10 bits per heavy atom. The fraction of sp³-hybridized carbons (Fsp3) is 0.348. The number of hydrogen-bond acceptors (Lipinski definition) is 4. The summed E-state index contributed by atoms with van der Waals surface area (Å²) in [7, 11) is 1.69. The van der Waals surface area contributed by atoms with Crippen molar-refractivity contribution in [3.05, 3.63) is 66.4 Å². The zero-order valence-corrected chi connectivity index (χ0v) is 17.9. The van der Waals surface area contributed by atoms with Crippen LogP contribution in [0.5, 0.6) is 5.75 Å². The highest BCUT2D eigenvalue weighted by Crippen LogP contribution is 2.32. The molecule has 2 aromatic carbocycles. The monoisotopic (exact) mass is 412 g/mol. The zero-order valence-electron chi connectivity index (χ0n) is 17.0. The van der Waals surface area contributed by atoms with E-state index in [2.05, 4.69) is 42.3 Å². The van der Waals surface area contributed by atoms with Crippen molar-refractivity contribution < 1.29 is 4.74 Å². The molecule has 0 amide bonds. The number of ether oxygens (including phenoxy) is 1. The summed E-state index contributed by atoms with van der Waals surface area (Å²) in [5, 5.41) is 4.93. The van der Waals surface area contributed by atoms with Crippen molar-refractivity contribution in [1.82, 2.24) is 14.7 Å². The van der Waals surface area contributed by atoms with Crippen LogP contribution in [-0.2, 0) is 6.54 Å². The predicted octanol–water partition coefficient (Wildman–Crippen LogP) is 4.14. The van der Waals surface area contributed by atoms with E-state index in [0.29, 0.717) is 0 Å². The van der Waals surface area contributed by atoms with Gasteiger partial charge in [0.25, 0.3) is 0 Å². The number of likely N-dealkylation sites (tertiary alicyclic amines) is 1. The molecular weight excluding hydrogens is 384 g/mol. The number of rotatable bonds is 6. The van der Waals surface area contributed by atoms with Crippen molar-refractivity contribution in [2.24, 2.45) is 11.1 Å². The molecule has 1 aromatic heterocycles. The maximum atomic E-state index is 6.00. The molecule has 154 valence electrons. The van der Waals surface area contributed by atoms with E-state index in [4.69, 9.17) is 15.6 Å². The third-order valence-electron chi connectivity index (χ3n) is 5.70. The third kappa shape index (κ3) is 4.64. The van der Waals surface area contributed by atoms with Crippen LogP contribution in [-0.4, -0.2) is 41.4 Å². The number of hydrogen-bond donors (Lipinski definition) is 1. The Morgan fingerprint density at radius 3 is 2.45 bits per heavy atom. The fourth-order valence-corrected chi connectivity index (χ4v) is 3.90. The fourth-order valence-electron chi connectivity index (χ4n) is 3.90. The van der Waals surface area contributed by atoms with Crippen LogP contribution in [0.25, 0.3) is 16.9 Å². The highest BCUT2D eigenvalue weighted by atomic mass is 35.5. The summed E-state index contributed by atoms with van der Waals surface area (Å²) in [5.74, 6) is 0.853. The maximum absolute atomic E-state index is 6.00. The number of aromatic nitrogens is 2. The summed E-state index contributed by atoms with van der Waals surface area (Å²) >= 11 is 0. The van der Waals surface area contributed by atoms with Crippen LogP contribution < -0.4 is 10.5 Å². The van der Waals surface area contributed by atoms with Crippen molar-refractivity contribution in [2.75, 3.05) is 26.7 Å². The van der Waals surface area contributed by atoms with Crippen molar-refractivity contribution in [2.45, 2.75) is 19.9 Å². The Bertz CT molecular complexity index is 926. The normalized spacial score (nSPS) is 19.1. The first-order valence-corrected chi connectivity index (χ1v) is 9.81. The molecule has 0 spiro atoms. The van der Waals surface area contributed by atoms with Gasteiger partial charge < -0.3 is 10.5 Å². The van der Waals surface area contributed by atoms with Gasteiger partial charge >= 0.3 is 0 Å². The number of benzene rings is 2. The van der Waals surface area contributed by atoms with Crippen molar-refractivity contribution in [1.29, 1.82) is 0 Å². The first kappa shape index (κ1) is 21.4. The third-order valence-corrected chi connectivity index (χ3v) is 5.70. The highest BCUT2D eigenvalue weighted by molar-refractivity contribution is 5.85. The van der Waals surface area contributed by atoms with Gasteiger partial charge in [0.05, 0.1) is 18.5 Å². The van der Waals surface area contributed by atoms with E-state index in [1.54, 1.807) is 7.11 Å². The Kier molecular flexibility index (Phi) is 6.63. The first-order valence-electron chi connectivity index (χ1n) is 9.81. The van der Waals surface area contributed by atoms with Crippen LogP contribution in [0.3, 0.4) is 0 Å². The number of methoxy groups -OCH3 is 1. The minimum absolute atomic E-state index is 0. The number of para-hydroxylation sites is 1. The Morgan fingerprint density at radius 2 is 1.83 bits per heavy atom. The summed E-state index contributed by atoms with van der Waals surface area (Å²) in [5.41, 5.74) is 10.6. The number of nitrogens with two attached hydrogens (primary N) is 1. The lowest BCUT2D eigenvalue weighted by Gasteiger charge is -2.22. The van der Waals surface area contributed by atoms with Gasteiger partial charge in [-0.1, -0.05) is 25.1 Å². The van der Waals surface area contributed by atoms with Crippen LogP contribution in [0.4, 0.5) is 0 Å². The second-order valence-corrected chi connectivity index (χ2v) is 7.99. The van der Waals surface area contributed by atoms with Crippen molar-refractivity contribution >= 4 is 12.4 Å². The molecule has 3 aromatic rings. The van der Waals surface area contributed by atoms with Crippen LogP contribution in [0.1, 0.15) is 18.9 Å². The smallest absolute Gasteiger partial charge is 0.118 e. The van der Waals surface area contributed by atoms with Gasteiger partial charge in [-0.25, -0.2) is 4.68 Å². The van der Waals surface area contributed by atoms with Gasteiger partial charge in [-0.15, -0.1) is 12.4 Å². The van der Waals surface area contributed by atoms with Gasteiger partial charge in [0.2, 0.25) is 0 Å². The lowest BCUT2D eigenvalue weighted by molar-refractivity contribution is 0.274. The highest BCUT2D eigenvalue weighted by Gasteiger charge is 2.32. The molecule has 6 heteroatoms. The molecule has 0 bridgehead atoms. The molecule has 2 heterocycles. The molecule has 5 nitrogen and oxygen atoms in total. The molecule has 1 saturated heterocycles. The van der Waals surface area contributed by atoms with Gasteiger partial charge in [-0.05, 0) is 61.3 Å². The van der Waals surface area contributed by atoms with E-state index in [0.717, 1.165) is 55.3 Å². The molecular formula is C23H29ClN4O. The quantitative estimate of drug-likeness (QED) is 0.661. The van der Waals surface area contributed by atoms with Crippen molar-refractivity contribution in [3.63, 3.8) is 0 Å². The first-order chi connectivity index (χ1) is 13.6. The van der Waals surface area contributed by atoms with E-state index in [9.17, 15) is 0 Å². The van der Waals surface area contributed by atoms with Gasteiger partial charge in [0, 0.05) is 30.4 Å². The second kappa shape index (κ2) is 8.99. The number of halogens is 1. The Balaban J connectivity index is 0.00000240. The predicted molar refractivity (Wildman–Crippen MR) is 120 cm³/mol. The summed E-state index contributed by atoms with van der Waals surface area (Å²) in [6.07, 6.45) is 3.31. The van der Waals surface area contributed by atoms with Crippen molar-refractivity contribution in [3.8, 4) is 22.7 Å². The van der Waals surface area contributed by atoms with Gasteiger partial charge in [0.1, 0.15) is 5.75 Å². The topological polar surface area (TPSA) is 56.3 Å². The largest absolute Gasteiger partial charge is 0.497 e. The molecule has 1 fully saturated rings. The Hall–Kier alpha value is -2.34. The lowest BCUT2D eigenvalue weighted by atomic mass is 9.90. The van der Waals surface area contributed by atoms with E-state index in [-0.39, 0.29) is 17.8 Å². The molecule has 1 aliphatic heterocycles. The molecule has 0 saturated carbocycles. The van der Waals surface area contributed by atoms with Crippen LogP contribution in [0.15, 0.2) is 60.8 Å². The lowest BCUT2D eigenvalue weighted by Crippen LogP contribution is -2.31. The summed E-state index contributed by atoms with van der Waals surface area (Å²) in [6.45, 7) is 6.00. The maximum Gasteiger partial charge on any atom is 0.118 e. The van der Waals surface area contributed by atoms with E-state index >= 15 is 0 Å². The van der Waals surface area contributed by atoms with E-state index in [1.165, 1.54) is 5.56 Å². The molecule has 1 atom stereocenters.